The lowest BCUT2D eigenvalue weighted by Gasteiger charge is -2.30. The van der Waals surface area contributed by atoms with Crippen molar-refractivity contribution in [2.24, 2.45) is 17.8 Å². The first kappa shape index (κ1) is 14.3. The molecule has 1 fully saturated rings. The minimum absolute atomic E-state index is 0.0420. The molecule has 2 nitrogen and oxygen atoms in total. The van der Waals surface area contributed by atoms with Crippen LogP contribution in [0.25, 0.3) is 11.0 Å². The molecule has 0 aliphatic heterocycles. The van der Waals surface area contributed by atoms with Gasteiger partial charge in [-0.15, -0.1) is 0 Å². The van der Waals surface area contributed by atoms with Gasteiger partial charge in [-0.05, 0) is 56.2 Å². The number of hydrogen-bond acceptors (Lipinski definition) is 2. The van der Waals surface area contributed by atoms with E-state index in [1.165, 1.54) is 12.1 Å². The molecule has 3 rings (SSSR count). The summed E-state index contributed by atoms with van der Waals surface area (Å²) in [5.74, 6) is 1.49. The second kappa shape index (κ2) is 5.28. The van der Waals surface area contributed by atoms with Crippen molar-refractivity contribution in [2.45, 2.75) is 40.0 Å². The molecule has 3 unspecified atom stereocenters. The maximum absolute atomic E-state index is 13.3. The fourth-order valence-electron chi connectivity index (χ4n) is 3.40. The van der Waals surface area contributed by atoms with Crippen LogP contribution < -0.4 is 0 Å². The minimum atomic E-state index is -0.300. The van der Waals surface area contributed by atoms with Crippen molar-refractivity contribution in [3.8, 4) is 0 Å². The van der Waals surface area contributed by atoms with E-state index < -0.39 is 0 Å². The number of furan rings is 1. The van der Waals surface area contributed by atoms with Gasteiger partial charge in [0, 0.05) is 16.9 Å². The van der Waals surface area contributed by atoms with Crippen molar-refractivity contribution in [2.75, 3.05) is 0 Å². The zero-order valence-corrected chi connectivity index (χ0v) is 12.8. The Kier molecular flexibility index (Phi) is 3.60. The molecule has 0 spiro atoms. The Morgan fingerprint density at radius 3 is 2.71 bits per heavy atom. The summed E-state index contributed by atoms with van der Waals surface area (Å²) in [6.45, 7) is 6.30. The summed E-state index contributed by atoms with van der Waals surface area (Å²) in [5.41, 5.74) is 1.36. The molecular weight excluding hydrogens is 267 g/mol. The lowest BCUT2D eigenvalue weighted by molar-refractivity contribution is 0.0810. The number of fused-ring (bicyclic) bond motifs is 1. The third kappa shape index (κ3) is 2.50. The van der Waals surface area contributed by atoms with Crippen LogP contribution in [0.4, 0.5) is 4.39 Å². The van der Waals surface area contributed by atoms with Crippen LogP contribution in [0.3, 0.4) is 0 Å². The lowest BCUT2D eigenvalue weighted by Crippen LogP contribution is -2.26. The number of halogens is 1. The number of benzene rings is 1. The normalized spacial score (nSPS) is 26.2. The van der Waals surface area contributed by atoms with E-state index in [2.05, 4.69) is 13.8 Å². The van der Waals surface area contributed by atoms with Gasteiger partial charge in [-0.1, -0.05) is 13.8 Å². The van der Waals surface area contributed by atoms with Gasteiger partial charge in [0.25, 0.3) is 0 Å². The van der Waals surface area contributed by atoms with Gasteiger partial charge >= 0.3 is 0 Å². The van der Waals surface area contributed by atoms with E-state index in [-0.39, 0.29) is 17.5 Å². The predicted molar refractivity (Wildman–Crippen MR) is 80.9 cm³/mol. The SMILES string of the molecule is Cc1c(C(=O)C2CCC(C)C(C)C2)oc2ccc(F)cc12. The van der Waals surface area contributed by atoms with Crippen LogP contribution in [0.15, 0.2) is 22.6 Å². The standard InChI is InChI=1S/C18H21FO2/c1-10-4-5-13(8-11(10)2)17(20)18-12(3)15-9-14(19)6-7-16(15)21-18/h6-7,9-11,13H,4-5,8H2,1-3H3. The number of Topliss-reactive ketones (excluding diaryl/α,β-unsaturated/α-hetero) is 1. The Balaban J connectivity index is 1.93. The molecule has 0 amide bonds. The third-order valence-electron chi connectivity index (χ3n) is 5.09. The van der Waals surface area contributed by atoms with Crippen LogP contribution in [0.2, 0.25) is 0 Å². The molecule has 2 aromatic rings. The minimum Gasteiger partial charge on any atom is -0.453 e. The van der Waals surface area contributed by atoms with Gasteiger partial charge in [0.15, 0.2) is 5.76 Å². The molecule has 1 aliphatic carbocycles. The monoisotopic (exact) mass is 288 g/mol. The molecule has 0 N–H and O–H groups in total. The van der Waals surface area contributed by atoms with Crippen LogP contribution in [-0.2, 0) is 0 Å². The van der Waals surface area contributed by atoms with Crippen molar-refractivity contribution in [3.63, 3.8) is 0 Å². The molecule has 0 saturated heterocycles. The molecule has 1 saturated carbocycles. The highest BCUT2D eigenvalue weighted by Crippen LogP contribution is 2.37. The third-order valence-corrected chi connectivity index (χ3v) is 5.09. The summed E-state index contributed by atoms with van der Waals surface area (Å²) in [6, 6.07) is 4.40. The summed E-state index contributed by atoms with van der Waals surface area (Å²) in [7, 11) is 0. The molecule has 0 radical (unpaired) electrons. The number of aryl methyl sites for hydroxylation is 1. The first-order chi connectivity index (χ1) is 9.97. The molecular formula is C18H21FO2. The summed E-state index contributed by atoms with van der Waals surface area (Å²) in [5, 5.41) is 0.704. The number of carbonyl (C=O) groups excluding carboxylic acids is 1. The highest BCUT2D eigenvalue weighted by Gasteiger charge is 2.32. The van der Waals surface area contributed by atoms with Crippen molar-refractivity contribution >= 4 is 16.8 Å². The molecule has 21 heavy (non-hydrogen) atoms. The van der Waals surface area contributed by atoms with Crippen molar-refractivity contribution < 1.29 is 13.6 Å². The largest absolute Gasteiger partial charge is 0.453 e. The Labute approximate surface area is 124 Å². The van der Waals surface area contributed by atoms with Gasteiger partial charge in [0.2, 0.25) is 5.78 Å². The molecule has 0 bridgehead atoms. The predicted octanol–water partition coefficient (Wildman–Crippen LogP) is 5.14. The Bertz CT molecular complexity index is 686. The van der Waals surface area contributed by atoms with E-state index >= 15 is 0 Å². The van der Waals surface area contributed by atoms with Crippen molar-refractivity contribution in [3.05, 3.63) is 35.3 Å². The second-order valence-electron chi connectivity index (χ2n) is 6.53. The van der Waals surface area contributed by atoms with Crippen LogP contribution >= 0.6 is 0 Å². The van der Waals surface area contributed by atoms with E-state index in [1.807, 2.05) is 6.92 Å². The fourth-order valence-corrected chi connectivity index (χ4v) is 3.40. The average Bonchev–Trinajstić information content (AvgIpc) is 2.78. The molecule has 1 aromatic carbocycles. The summed E-state index contributed by atoms with van der Waals surface area (Å²) in [4.78, 5) is 12.7. The maximum Gasteiger partial charge on any atom is 0.201 e. The summed E-state index contributed by atoms with van der Waals surface area (Å²) >= 11 is 0. The van der Waals surface area contributed by atoms with Gasteiger partial charge < -0.3 is 4.42 Å². The number of ketones is 1. The quantitative estimate of drug-likeness (QED) is 0.717. The van der Waals surface area contributed by atoms with E-state index in [0.717, 1.165) is 24.8 Å². The van der Waals surface area contributed by atoms with Crippen molar-refractivity contribution in [1.29, 1.82) is 0 Å². The molecule has 1 heterocycles. The summed E-state index contributed by atoms with van der Waals surface area (Å²) in [6.07, 6.45) is 2.94. The van der Waals surface area contributed by atoms with Crippen LogP contribution in [0.1, 0.15) is 49.2 Å². The molecule has 3 heteroatoms. The van der Waals surface area contributed by atoms with Crippen molar-refractivity contribution in [1.82, 2.24) is 0 Å². The molecule has 3 atom stereocenters. The summed E-state index contributed by atoms with van der Waals surface area (Å²) < 4.78 is 19.1. The Morgan fingerprint density at radius 1 is 1.24 bits per heavy atom. The average molecular weight is 288 g/mol. The highest BCUT2D eigenvalue weighted by atomic mass is 19.1. The van der Waals surface area contributed by atoms with Gasteiger partial charge in [-0.25, -0.2) is 4.39 Å². The van der Waals surface area contributed by atoms with Crippen LogP contribution in [0.5, 0.6) is 0 Å². The number of hydrogen-bond donors (Lipinski definition) is 0. The van der Waals surface area contributed by atoms with E-state index in [1.54, 1.807) is 6.07 Å². The Hall–Kier alpha value is -1.64. The van der Waals surface area contributed by atoms with Gasteiger partial charge in [-0.2, -0.15) is 0 Å². The first-order valence-electron chi connectivity index (χ1n) is 7.70. The van der Waals surface area contributed by atoms with Crippen LogP contribution in [0, 0.1) is 30.5 Å². The molecule has 1 aliphatic rings. The van der Waals surface area contributed by atoms with Gasteiger partial charge in [0.05, 0.1) is 0 Å². The van der Waals surface area contributed by atoms with E-state index in [0.29, 0.717) is 28.6 Å². The Morgan fingerprint density at radius 2 is 2.00 bits per heavy atom. The van der Waals surface area contributed by atoms with Gasteiger partial charge in [0.1, 0.15) is 11.4 Å². The topological polar surface area (TPSA) is 30.2 Å². The van der Waals surface area contributed by atoms with Crippen LogP contribution in [-0.4, -0.2) is 5.78 Å². The second-order valence-corrected chi connectivity index (χ2v) is 6.53. The highest BCUT2D eigenvalue weighted by molar-refractivity contribution is 6.01. The fraction of sp³-hybridized carbons (Fsp3) is 0.500. The first-order valence-corrected chi connectivity index (χ1v) is 7.70. The van der Waals surface area contributed by atoms with Gasteiger partial charge in [-0.3, -0.25) is 4.79 Å². The lowest BCUT2D eigenvalue weighted by atomic mass is 9.74. The zero-order chi connectivity index (χ0) is 15.1. The number of carbonyl (C=O) groups is 1. The van der Waals surface area contributed by atoms with E-state index in [4.69, 9.17) is 4.42 Å². The number of rotatable bonds is 2. The zero-order valence-electron chi connectivity index (χ0n) is 12.8. The maximum atomic E-state index is 13.3. The molecule has 112 valence electrons. The smallest absolute Gasteiger partial charge is 0.201 e. The van der Waals surface area contributed by atoms with E-state index in [9.17, 15) is 9.18 Å². The molecule has 1 aromatic heterocycles.